The molecule has 2 aromatic carbocycles. The normalized spacial score (nSPS) is 12.4. The summed E-state index contributed by atoms with van der Waals surface area (Å²) in [6.45, 7) is 2.14. The van der Waals surface area contributed by atoms with Gasteiger partial charge in [-0.1, -0.05) is 35.0 Å². The first-order chi connectivity index (χ1) is 10.0. The highest BCUT2D eigenvalue weighted by Gasteiger charge is 2.13. The van der Waals surface area contributed by atoms with E-state index >= 15 is 0 Å². The monoisotopic (exact) mass is 357 g/mol. The second kappa shape index (κ2) is 7.09. The minimum absolute atomic E-state index is 0.0191. The van der Waals surface area contributed by atoms with E-state index in [1.165, 1.54) is 0 Å². The summed E-state index contributed by atoms with van der Waals surface area (Å²) in [6.07, 6.45) is 0.799. The fraction of sp³-hybridized carbons (Fsp3) is 0.250. The van der Waals surface area contributed by atoms with Crippen LogP contribution in [-0.2, 0) is 6.54 Å². The third-order valence-electron chi connectivity index (χ3n) is 3.31. The Kier molecular flexibility index (Phi) is 5.42. The van der Waals surface area contributed by atoms with Crippen LogP contribution < -0.4 is 5.32 Å². The fourth-order valence-electron chi connectivity index (χ4n) is 2.13. The van der Waals surface area contributed by atoms with Crippen LogP contribution in [0.4, 0.5) is 13.2 Å². The van der Waals surface area contributed by atoms with Gasteiger partial charge in [0.25, 0.3) is 0 Å². The van der Waals surface area contributed by atoms with Crippen molar-refractivity contribution in [2.45, 2.75) is 25.9 Å². The lowest BCUT2D eigenvalue weighted by Crippen LogP contribution is -2.21. The van der Waals surface area contributed by atoms with Crippen molar-refractivity contribution in [2.24, 2.45) is 0 Å². The Hall–Kier alpha value is -1.33. The van der Waals surface area contributed by atoms with Gasteiger partial charge in [0.05, 0.1) is 0 Å². The Balaban J connectivity index is 2.10. The molecule has 1 nitrogen and oxygen atoms in total. The van der Waals surface area contributed by atoms with Crippen LogP contribution in [0.15, 0.2) is 40.9 Å². The number of hydrogen-bond donors (Lipinski definition) is 1. The molecule has 0 saturated heterocycles. The Morgan fingerprint density at radius 3 is 2.24 bits per heavy atom. The average Bonchev–Trinajstić information content (AvgIpc) is 2.46. The van der Waals surface area contributed by atoms with E-state index in [0.717, 1.165) is 22.5 Å². The summed E-state index contributed by atoms with van der Waals surface area (Å²) in [4.78, 5) is 0. The molecule has 0 amide bonds. The zero-order valence-electron chi connectivity index (χ0n) is 11.5. The standard InChI is InChI=1S/C16H15BrF3N/c1-2-16(10-3-5-12(17)6-4-10)21-9-11-7-14(19)15(20)8-13(11)18/h3-8,16,21H,2,9H2,1H3. The number of benzene rings is 2. The summed E-state index contributed by atoms with van der Waals surface area (Å²) < 4.78 is 40.6. The molecular formula is C16H15BrF3N. The highest BCUT2D eigenvalue weighted by atomic mass is 79.9. The average molecular weight is 358 g/mol. The van der Waals surface area contributed by atoms with E-state index in [-0.39, 0.29) is 18.2 Å². The van der Waals surface area contributed by atoms with E-state index in [2.05, 4.69) is 21.2 Å². The fourth-order valence-corrected chi connectivity index (χ4v) is 2.39. The van der Waals surface area contributed by atoms with Crippen molar-refractivity contribution >= 4 is 15.9 Å². The van der Waals surface area contributed by atoms with Gasteiger partial charge in [-0.2, -0.15) is 0 Å². The second-order valence-corrected chi connectivity index (χ2v) is 5.67. The van der Waals surface area contributed by atoms with Gasteiger partial charge in [-0.3, -0.25) is 0 Å². The van der Waals surface area contributed by atoms with Crippen LogP contribution in [0.3, 0.4) is 0 Å². The largest absolute Gasteiger partial charge is 0.306 e. The summed E-state index contributed by atoms with van der Waals surface area (Å²) >= 11 is 3.37. The van der Waals surface area contributed by atoms with Gasteiger partial charge in [0, 0.05) is 28.7 Å². The maximum atomic E-state index is 13.6. The lowest BCUT2D eigenvalue weighted by Gasteiger charge is -2.18. The number of nitrogens with one attached hydrogen (secondary N) is 1. The van der Waals surface area contributed by atoms with E-state index < -0.39 is 17.5 Å². The summed E-state index contributed by atoms with van der Waals surface area (Å²) in [5, 5.41) is 3.16. The van der Waals surface area contributed by atoms with Gasteiger partial charge in [-0.25, -0.2) is 13.2 Å². The molecule has 0 saturated carbocycles. The first-order valence-electron chi connectivity index (χ1n) is 6.63. The molecule has 21 heavy (non-hydrogen) atoms. The quantitative estimate of drug-likeness (QED) is 0.733. The van der Waals surface area contributed by atoms with Crippen molar-refractivity contribution in [2.75, 3.05) is 0 Å². The molecule has 2 rings (SSSR count). The third kappa shape index (κ3) is 4.08. The first kappa shape index (κ1) is 16.0. The maximum Gasteiger partial charge on any atom is 0.161 e. The molecule has 0 radical (unpaired) electrons. The van der Waals surface area contributed by atoms with E-state index in [9.17, 15) is 13.2 Å². The molecule has 1 unspecified atom stereocenters. The Bertz CT molecular complexity index is 614. The SMILES string of the molecule is CCC(NCc1cc(F)c(F)cc1F)c1ccc(Br)cc1. The lowest BCUT2D eigenvalue weighted by atomic mass is 10.0. The van der Waals surface area contributed by atoms with Gasteiger partial charge in [-0.05, 0) is 30.2 Å². The van der Waals surface area contributed by atoms with Crippen molar-refractivity contribution in [3.63, 3.8) is 0 Å². The van der Waals surface area contributed by atoms with E-state index in [0.29, 0.717) is 6.07 Å². The van der Waals surface area contributed by atoms with Crippen molar-refractivity contribution in [1.82, 2.24) is 5.32 Å². The van der Waals surface area contributed by atoms with Crippen LogP contribution in [0.2, 0.25) is 0 Å². The molecule has 1 atom stereocenters. The van der Waals surface area contributed by atoms with E-state index in [1.54, 1.807) is 0 Å². The van der Waals surface area contributed by atoms with E-state index in [1.807, 2.05) is 31.2 Å². The third-order valence-corrected chi connectivity index (χ3v) is 3.84. The Morgan fingerprint density at radius 1 is 1.00 bits per heavy atom. The first-order valence-corrected chi connectivity index (χ1v) is 7.42. The highest BCUT2D eigenvalue weighted by Crippen LogP contribution is 2.21. The zero-order valence-corrected chi connectivity index (χ0v) is 13.1. The van der Waals surface area contributed by atoms with Crippen LogP contribution in [-0.4, -0.2) is 0 Å². The molecule has 0 aliphatic carbocycles. The van der Waals surface area contributed by atoms with E-state index in [4.69, 9.17) is 0 Å². The molecule has 0 fully saturated rings. The Labute approximate surface area is 130 Å². The van der Waals surface area contributed by atoms with Crippen molar-refractivity contribution < 1.29 is 13.2 Å². The summed E-state index contributed by atoms with van der Waals surface area (Å²) in [5.41, 5.74) is 1.17. The molecule has 0 spiro atoms. The Morgan fingerprint density at radius 2 is 1.62 bits per heavy atom. The van der Waals surface area contributed by atoms with Crippen molar-refractivity contribution in [3.05, 3.63) is 69.4 Å². The predicted molar refractivity (Wildman–Crippen MR) is 80.3 cm³/mol. The van der Waals surface area contributed by atoms with Gasteiger partial charge in [0.15, 0.2) is 11.6 Å². The second-order valence-electron chi connectivity index (χ2n) is 4.75. The minimum Gasteiger partial charge on any atom is -0.306 e. The molecule has 5 heteroatoms. The van der Waals surface area contributed by atoms with Gasteiger partial charge in [-0.15, -0.1) is 0 Å². The number of halogens is 4. The van der Waals surface area contributed by atoms with Crippen LogP contribution >= 0.6 is 15.9 Å². The molecule has 0 aromatic heterocycles. The lowest BCUT2D eigenvalue weighted by molar-refractivity contribution is 0.474. The molecule has 0 aliphatic heterocycles. The van der Waals surface area contributed by atoms with Crippen LogP contribution in [0, 0.1) is 17.5 Å². The van der Waals surface area contributed by atoms with Crippen LogP contribution in [0.5, 0.6) is 0 Å². The van der Waals surface area contributed by atoms with Crippen LogP contribution in [0.1, 0.15) is 30.5 Å². The molecule has 1 N–H and O–H groups in total. The molecule has 0 aliphatic rings. The maximum absolute atomic E-state index is 13.6. The smallest absolute Gasteiger partial charge is 0.161 e. The summed E-state index contributed by atoms with van der Waals surface area (Å²) in [5.74, 6) is -2.95. The van der Waals surface area contributed by atoms with Crippen molar-refractivity contribution in [1.29, 1.82) is 0 Å². The van der Waals surface area contributed by atoms with Gasteiger partial charge >= 0.3 is 0 Å². The van der Waals surface area contributed by atoms with Crippen LogP contribution in [0.25, 0.3) is 0 Å². The molecule has 0 bridgehead atoms. The van der Waals surface area contributed by atoms with Crippen molar-refractivity contribution in [3.8, 4) is 0 Å². The van der Waals surface area contributed by atoms with Gasteiger partial charge in [0.1, 0.15) is 5.82 Å². The topological polar surface area (TPSA) is 12.0 Å². The van der Waals surface area contributed by atoms with Gasteiger partial charge in [0.2, 0.25) is 0 Å². The zero-order chi connectivity index (χ0) is 15.4. The number of rotatable bonds is 5. The minimum atomic E-state index is -1.17. The molecule has 2 aromatic rings. The molecular weight excluding hydrogens is 343 g/mol. The molecule has 112 valence electrons. The highest BCUT2D eigenvalue weighted by molar-refractivity contribution is 9.10. The van der Waals surface area contributed by atoms with Gasteiger partial charge < -0.3 is 5.32 Å². The number of hydrogen-bond acceptors (Lipinski definition) is 1. The molecule has 0 heterocycles. The summed E-state index contributed by atoms with van der Waals surface area (Å²) in [6, 6.07) is 9.28. The summed E-state index contributed by atoms with van der Waals surface area (Å²) in [7, 11) is 0. The predicted octanol–water partition coefficient (Wildman–Crippen LogP) is 5.11.